The van der Waals surface area contributed by atoms with Crippen molar-refractivity contribution >= 4 is 34.4 Å². The minimum atomic E-state index is -0.0662. The Labute approximate surface area is 124 Å². The molecule has 4 heteroatoms. The zero-order chi connectivity index (χ0) is 14.0. The van der Waals surface area contributed by atoms with Gasteiger partial charge in [0, 0.05) is 6.04 Å². The molecule has 0 amide bonds. The summed E-state index contributed by atoms with van der Waals surface area (Å²) in [6.07, 6.45) is 3.28. The first-order valence-electron chi connectivity index (χ1n) is 6.66. The summed E-state index contributed by atoms with van der Waals surface area (Å²) in [5.41, 5.74) is 3.56. The van der Waals surface area contributed by atoms with Gasteiger partial charge in [-0.3, -0.25) is 0 Å². The van der Waals surface area contributed by atoms with Gasteiger partial charge in [0.2, 0.25) is 0 Å². The lowest BCUT2D eigenvalue weighted by atomic mass is 10.1. The molecule has 0 saturated carbocycles. The summed E-state index contributed by atoms with van der Waals surface area (Å²) < 4.78 is 2.33. The largest absolute Gasteiger partial charge is 0.324 e. The summed E-state index contributed by atoms with van der Waals surface area (Å²) in [4.78, 5) is 4.73. The van der Waals surface area contributed by atoms with E-state index in [2.05, 4.69) is 42.9 Å². The van der Waals surface area contributed by atoms with Crippen molar-refractivity contribution < 1.29 is 0 Å². The van der Waals surface area contributed by atoms with Crippen molar-refractivity contribution in [1.82, 2.24) is 9.55 Å². The maximum atomic E-state index is 6.32. The van der Waals surface area contributed by atoms with Gasteiger partial charge >= 0.3 is 0 Å². The van der Waals surface area contributed by atoms with E-state index in [9.17, 15) is 0 Å². The Kier molecular flexibility index (Phi) is 4.80. The van der Waals surface area contributed by atoms with Crippen LogP contribution in [0.15, 0.2) is 18.2 Å². The van der Waals surface area contributed by atoms with Crippen molar-refractivity contribution in [1.29, 1.82) is 0 Å². The fraction of sp³-hybridized carbons (Fsp3) is 0.533. The molecule has 0 fully saturated rings. The highest BCUT2D eigenvalue weighted by Crippen LogP contribution is 2.31. The maximum absolute atomic E-state index is 6.32. The highest BCUT2D eigenvalue weighted by molar-refractivity contribution is 7.98. The van der Waals surface area contributed by atoms with Crippen LogP contribution in [-0.2, 0) is 0 Å². The summed E-state index contributed by atoms with van der Waals surface area (Å²) in [6, 6.07) is 6.70. The average Bonchev–Trinajstić information content (AvgIpc) is 2.77. The Morgan fingerprint density at radius 1 is 1.37 bits per heavy atom. The van der Waals surface area contributed by atoms with Crippen LogP contribution in [0.2, 0.25) is 0 Å². The topological polar surface area (TPSA) is 17.8 Å². The van der Waals surface area contributed by atoms with Crippen LogP contribution in [0, 0.1) is 6.92 Å². The van der Waals surface area contributed by atoms with Gasteiger partial charge in [-0.25, -0.2) is 4.98 Å². The SMILES string of the molecule is CSCCC(C)n1c(C(C)Cl)nc2cccc(C)c21. The van der Waals surface area contributed by atoms with Crippen molar-refractivity contribution in [2.45, 2.75) is 38.6 Å². The number of para-hydroxylation sites is 1. The smallest absolute Gasteiger partial charge is 0.127 e. The molecule has 0 aliphatic rings. The number of hydrogen-bond acceptors (Lipinski definition) is 2. The van der Waals surface area contributed by atoms with Gasteiger partial charge in [-0.1, -0.05) is 12.1 Å². The number of nitrogens with zero attached hydrogens (tertiary/aromatic N) is 2. The first-order chi connectivity index (χ1) is 9.06. The highest BCUT2D eigenvalue weighted by Gasteiger charge is 2.19. The molecule has 0 radical (unpaired) electrons. The Morgan fingerprint density at radius 3 is 2.74 bits per heavy atom. The van der Waals surface area contributed by atoms with E-state index in [1.165, 1.54) is 11.1 Å². The Morgan fingerprint density at radius 2 is 2.11 bits per heavy atom. The second-order valence-corrected chi connectivity index (χ2v) is 6.67. The second-order valence-electron chi connectivity index (χ2n) is 5.03. The zero-order valence-corrected chi connectivity index (χ0v) is 13.6. The standard InChI is InChI=1S/C15H21ClN2S/c1-10-6-5-7-13-14(10)18(11(2)8-9-19-4)15(17-13)12(3)16/h5-7,11-12H,8-9H2,1-4H3. The van der Waals surface area contributed by atoms with Crippen LogP contribution in [0.4, 0.5) is 0 Å². The third-order valence-corrected chi connectivity index (χ3v) is 4.31. The van der Waals surface area contributed by atoms with Gasteiger partial charge in [-0.05, 0) is 50.8 Å². The lowest BCUT2D eigenvalue weighted by molar-refractivity contribution is 0.525. The predicted octanol–water partition coefficient (Wildman–Crippen LogP) is 4.96. The van der Waals surface area contributed by atoms with Crippen molar-refractivity contribution in [3.05, 3.63) is 29.6 Å². The number of benzene rings is 1. The third-order valence-electron chi connectivity index (χ3n) is 3.48. The van der Waals surface area contributed by atoms with Crippen LogP contribution in [0.1, 0.15) is 43.1 Å². The van der Waals surface area contributed by atoms with Crippen molar-refractivity contribution in [2.75, 3.05) is 12.0 Å². The molecule has 2 nitrogen and oxygen atoms in total. The molecular formula is C15H21ClN2S. The van der Waals surface area contributed by atoms with Crippen LogP contribution in [0.25, 0.3) is 11.0 Å². The summed E-state index contributed by atoms with van der Waals surface area (Å²) in [7, 11) is 0. The van der Waals surface area contributed by atoms with E-state index in [1.807, 2.05) is 18.7 Å². The quantitative estimate of drug-likeness (QED) is 0.726. The fourth-order valence-electron chi connectivity index (χ4n) is 2.48. The third kappa shape index (κ3) is 2.92. The fourth-order valence-corrected chi connectivity index (χ4v) is 3.21. The van der Waals surface area contributed by atoms with Gasteiger partial charge in [0.15, 0.2) is 0 Å². The molecule has 1 aromatic carbocycles. The van der Waals surface area contributed by atoms with Gasteiger partial charge in [0.05, 0.1) is 16.4 Å². The van der Waals surface area contributed by atoms with Gasteiger partial charge < -0.3 is 4.57 Å². The number of imidazole rings is 1. The Bertz CT molecular complexity index is 563. The monoisotopic (exact) mass is 296 g/mol. The van der Waals surface area contributed by atoms with Crippen LogP contribution >= 0.6 is 23.4 Å². The average molecular weight is 297 g/mol. The van der Waals surface area contributed by atoms with Crippen molar-refractivity contribution in [3.8, 4) is 0 Å². The molecule has 0 spiro atoms. The van der Waals surface area contributed by atoms with E-state index < -0.39 is 0 Å². The molecule has 0 aliphatic heterocycles. The lowest BCUT2D eigenvalue weighted by Gasteiger charge is -2.19. The summed E-state index contributed by atoms with van der Waals surface area (Å²) in [5.74, 6) is 2.14. The molecule has 0 saturated heterocycles. The number of rotatable bonds is 5. The molecule has 104 valence electrons. The maximum Gasteiger partial charge on any atom is 0.127 e. The van der Waals surface area contributed by atoms with E-state index in [-0.39, 0.29) is 5.38 Å². The summed E-state index contributed by atoms with van der Waals surface area (Å²) >= 11 is 8.21. The van der Waals surface area contributed by atoms with Crippen LogP contribution in [-0.4, -0.2) is 21.6 Å². The number of aryl methyl sites for hydroxylation is 1. The van der Waals surface area contributed by atoms with Crippen molar-refractivity contribution in [2.24, 2.45) is 0 Å². The molecule has 19 heavy (non-hydrogen) atoms. The number of aromatic nitrogens is 2. The van der Waals surface area contributed by atoms with E-state index in [1.54, 1.807) is 0 Å². The van der Waals surface area contributed by atoms with E-state index in [0.29, 0.717) is 6.04 Å². The van der Waals surface area contributed by atoms with Gasteiger partial charge in [-0.2, -0.15) is 11.8 Å². The van der Waals surface area contributed by atoms with Crippen LogP contribution in [0.3, 0.4) is 0 Å². The Balaban J connectivity index is 2.57. The Hall–Kier alpha value is -0.670. The normalized spacial score (nSPS) is 14.8. The molecule has 2 atom stereocenters. The minimum Gasteiger partial charge on any atom is -0.324 e. The predicted molar refractivity (Wildman–Crippen MR) is 86.4 cm³/mol. The van der Waals surface area contributed by atoms with E-state index >= 15 is 0 Å². The number of fused-ring (bicyclic) bond motifs is 1. The molecule has 1 heterocycles. The number of hydrogen-bond donors (Lipinski definition) is 0. The summed E-state index contributed by atoms with van der Waals surface area (Å²) in [6.45, 7) is 6.40. The molecule has 2 unspecified atom stereocenters. The molecule has 2 rings (SSSR count). The highest BCUT2D eigenvalue weighted by atomic mass is 35.5. The van der Waals surface area contributed by atoms with Gasteiger partial charge in [0.25, 0.3) is 0 Å². The van der Waals surface area contributed by atoms with E-state index in [4.69, 9.17) is 16.6 Å². The number of alkyl halides is 1. The van der Waals surface area contributed by atoms with Crippen LogP contribution in [0.5, 0.6) is 0 Å². The number of halogens is 1. The van der Waals surface area contributed by atoms with Crippen LogP contribution < -0.4 is 0 Å². The first-order valence-corrected chi connectivity index (χ1v) is 8.49. The molecular weight excluding hydrogens is 276 g/mol. The number of thioether (sulfide) groups is 1. The molecule has 0 N–H and O–H groups in total. The molecule has 0 aliphatic carbocycles. The molecule has 0 bridgehead atoms. The van der Waals surface area contributed by atoms with Crippen molar-refractivity contribution in [3.63, 3.8) is 0 Å². The first kappa shape index (κ1) is 14.7. The van der Waals surface area contributed by atoms with E-state index in [0.717, 1.165) is 23.5 Å². The zero-order valence-electron chi connectivity index (χ0n) is 12.0. The summed E-state index contributed by atoms with van der Waals surface area (Å²) in [5, 5.41) is -0.0662. The lowest BCUT2D eigenvalue weighted by Crippen LogP contribution is -2.11. The molecule has 1 aromatic heterocycles. The van der Waals surface area contributed by atoms with Gasteiger partial charge in [-0.15, -0.1) is 11.6 Å². The molecule has 2 aromatic rings. The second kappa shape index (κ2) is 6.19. The minimum absolute atomic E-state index is 0.0662. The van der Waals surface area contributed by atoms with Gasteiger partial charge in [0.1, 0.15) is 5.82 Å².